The topological polar surface area (TPSA) is 6.48 Å². The lowest BCUT2D eigenvalue weighted by molar-refractivity contribution is 0.162. The molecule has 0 unspecified atom stereocenters. The molecule has 0 N–H and O–H groups in total. The number of likely N-dealkylation sites (tertiary alicyclic amines) is 1. The maximum Gasteiger partial charge on any atom is 0.0109 e. The van der Waals surface area contributed by atoms with Crippen LogP contribution in [0.25, 0.3) is 0 Å². The van der Waals surface area contributed by atoms with Gasteiger partial charge >= 0.3 is 0 Å². The van der Waals surface area contributed by atoms with E-state index in [2.05, 4.69) is 16.8 Å². The summed E-state index contributed by atoms with van der Waals surface area (Å²) in [6, 6.07) is 0.885. The second-order valence-corrected chi connectivity index (χ2v) is 6.03. The van der Waals surface area contributed by atoms with E-state index in [1.807, 2.05) is 0 Å². The van der Waals surface area contributed by atoms with Crippen LogP contribution in [0.15, 0.2) is 0 Å². The number of likely N-dealkylation sites (N-methyl/N-ethyl adjacent to an activating group) is 1. The molecule has 0 spiro atoms. The number of nitrogens with zero attached hydrogens (tertiary/aromatic N) is 2. The Labute approximate surface area is 107 Å². The van der Waals surface area contributed by atoms with Crippen molar-refractivity contribution in [2.75, 3.05) is 33.2 Å². The molecule has 0 aromatic rings. The van der Waals surface area contributed by atoms with Crippen molar-refractivity contribution < 1.29 is 0 Å². The van der Waals surface area contributed by atoms with Crippen molar-refractivity contribution in [3.8, 4) is 0 Å². The summed E-state index contributed by atoms with van der Waals surface area (Å²) in [5, 5.41) is 0. The predicted molar refractivity (Wildman–Crippen MR) is 74.4 cm³/mol. The van der Waals surface area contributed by atoms with Gasteiger partial charge in [-0.2, -0.15) is 0 Å². The highest BCUT2D eigenvalue weighted by molar-refractivity contribution is 4.74. The highest BCUT2D eigenvalue weighted by atomic mass is 15.2. The van der Waals surface area contributed by atoms with Crippen LogP contribution in [0.5, 0.6) is 0 Å². The maximum absolute atomic E-state index is 2.69. The van der Waals surface area contributed by atoms with Gasteiger partial charge in [-0.1, -0.05) is 32.1 Å². The van der Waals surface area contributed by atoms with Crippen molar-refractivity contribution in [1.29, 1.82) is 0 Å². The standard InChI is InChI=1S/C15H30N2/c1-16(15-9-5-4-6-10-15)13-14-17-11-7-2-3-8-12-17/h15H,2-14H2,1H3. The molecule has 1 saturated heterocycles. The Morgan fingerprint density at radius 2 is 1.47 bits per heavy atom. The SMILES string of the molecule is CN(CCN1CCCCCC1)C1CCCCC1. The second kappa shape index (κ2) is 7.38. The zero-order valence-electron chi connectivity index (χ0n) is 11.7. The summed E-state index contributed by atoms with van der Waals surface area (Å²) in [6.07, 6.45) is 13.0. The predicted octanol–water partition coefficient (Wildman–Crippen LogP) is 3.13. The van der Waals surface area contributed by atoms with Gasteiger partial charge in [0.2, 0.25) is 0 Å². The summed E-state index contributed by atoms with van der Waals surface area (Å²) in [4.78, 5) is 5.32. The Balaban J connectivity index is 1.65. The third-order valence-electron chi connectivity index (χ3n) is 4.67. The van der Waals surface area contributed by atoms with Crippen LogP contribution >= 0.6 is 0 Å². The molecule has 2 aliphatic rings. The highest BCUT2D eigenvalue weighted by Gasteiger charge is 2.18. The maximum atomic E-state index is 2.69. The Morgan fingerprint density at radius 3 is 2.12 bits per heavy atom. The molecule has 1 aliphatic heterocycles. The molecule has 1 saturated carbocycles. The minimum Gasteiger partial charge on any atom is -0.302 e. The summed E-state index contributed by atoms with van der Waals surface area (Å²) < 4.78 is 0. The van der Waals surface area contributed by atoms with Gasteiger partial charge in [-0.15, -0.1) is 0 Å². The fraction of sp³-hybridized carbons (Fsp3) is 1.00. The molecule has 1 heterocycles. The van der Waals surface area contributed by atoms with E-state index in [0.717, 1.165) is 6.04 Å². The van der Waals surface area contributed by atoms with Gasteiger partial charge < -0.3 is 9.80 Å². The molecule has 100 valence electrons. The van der Waals surface area contributed by atoms with Crippen LogP contribution in [-0.2, 0) is 0 Å². The van der Waals surface area contributed by atoms with E-state index in [1.165, 1.54) is 84.0 Å². The third kappa shape index (κ3) is 4.59. The highest BCUT2D eigenvalue weighted by Crippen LogP contribution is 2.21. The summed E-state index contributed by atoms with van der Waals surface area (Å²) in [7, 11) is 2.34. The molecule has 2 rings (SSSR count). The molecular weight excluding hydrogens is 208 g/mol. The molecule has 0 amide bonds. The van der Waals surface area contributed by atoms with E-state index in [0.29, 0.717) is 0 Å². The number of hydrogen-bond acceptors (Lipinski definition) is 2. The van der Waals surface area contributed by atoms with E-state index in [1.54, 1.807) is 0 Å². The quantitative estimate of drug-likeness (QED) is 0.742. The van der Waals surface area contributed by atoms with Crippen molar-refractivity contribution in [1.82, 2.24) is 9.80 Å². The van der Waals surface area contributed by atoms with E-state index < -0.39 is 0 Å². The molecule has 2 fully saturated rings. The molecule has 2 heteroatoms. The molecule has 0 bridgehead atoms. The fourth-order valence-electron chi connectivity index (χ4n) is 3.36. The monoisotopic (exact) mass is 238 g/mol. The van der Waals surface area contributed by atoms with Gasteiger partial charge in [0, 0.05) is 19.1 Å². The lowest BCUT2D eigenvalue weighted by Crippen LogP contribution is -2.39. The molecular formula is C15H30N2. The first kappa shape index (κ1) is 13.4. The van der Waals surface area contributed by atoms with Crippen LogP contribution in [0.3, 0.4) is 0 Å². The van der Waals surface area contributed by atoms with Crippen molar-refractivity contribution in [2.24, 2.45) is 0 Å². The molecule has 2 nitrogen and oxygen atoms in total. The van der Waals surface area contributed by atoms with Gasteiger partial charge in [-0.3, -0.25) is 0 Å². The van der Waals surface area contributed by atoms with E-state index in [9.17, 15) is 0 Å². The zero-order valence-corrected chi connectivity index (χ0v) is 11.7. The van der Waals surface area contributed by atoms with Crippen LogP contribution in [-0.4, -0.2) is 49.1 Å². The second-order valence-electron chi connectivity index (χ2n) is 6.03. The molecule has 0 aromatic heterocycles. The number of rotatable bonds is 4. The van der Waals surface area contributed by atoms with E-state index in [4.69, 9.17) is 0 Å². The third-order valence-corrected chi connectivity index (χ3v) is 4.67. The zero-order chi connectivity index (χ0) is 11.9. The van der Waals surface area contributed by atoms with Crippen LogP contribution in [0.4, 0.5) is 0 Å². The van der Waals surface area contributed by atoms with Gasteiger partial charge in [-0.25, -0.2) is 0 Å². The summed E-state index contributed by atoms with van der Waals surface area (Å²) in [5.41, 5.74) is 0. The molecule has 0 aromatic carbocycles. The Bertz CT molecular complexity index is 191. The van der Waals surface area contributed by atoms with Crippen LogP contribution in [0.1, 0.15) is 57.8 Å². The van der Waals surface area contributed by atoms with Crippen LogP contribution in [0, 0.1) is 0 Å². The normalized spacial score (nSPS) is 25.1. The molecule has 17 heavy (non-hydrogen) atoms. The number of hydrogen-bond donors (Lipinski definition) is 0. The van der Waals surface area contributed by atoms with Crippen molar-refractivity contribution in [2.45, 2.75) is 63.8 Å². The van der Waals surface area contributed by atoms with Crippen LogP contribution in [0.2, 0.25) is 0 Å². The Hall–Kier alpha value is -0.0800. The van der Waals surface area contributed by atoms with Crippen molar-refractivity contribution in [3.05, 3.63) is 0 Å². The summed E-state index contributed by atoms with van der Waals surface area (Å²) >= 11 is 0. The van der Waals surface area contributed by atoms with E-state index >= 15 is 0 Å². The summed E-state index contributed by atoms with van der Waals surface area (Å²) in [5.74, 6) is 0. The lowest BCUT2D eigenvalue weighted by atomic mass is 9.94. The van der Waals surface area contributed by atoms with Crippen molar-refractivity contribution >= 4 is 0 Å². The summed E-state index contributed by atoms with van der Waals surface area (Å²) in [6.45, 7) is 5.27. The van der Waals surface area contributed by atoms with Gasteiger partial charge in [0.15, 0.2) is 0 Å². The smallest absolute Gasteiger partial charge is 0.0109 e. The van der Waals surface area contributed by atoms with Gasteiger partial charge in [0.1, 0.15) is 0 Å². The molecule has 0 radical (unpaired) electrons. The van der Waals surface area contributed by atoms with Crippen LogP contribution < -0.4 is 0 Å². The van der Waals surface area contributed by atoms with Gasteiger partial charge in [-0.05, 0) is 45.8 Å². The minimum atomic E-state index is 0.885. The fourth-order valence-corrected chi connectivity index (χ4v) is 3.36. The van der Waals surface area contributed by atoms with E-state index in [-0.39, 0.29) is 0 Å². The van der Waals surface area contributed by atoms with Gasteiger partial charge in [0.05, 0.1) is 0 Å². The minimum absolute atomic E-state index is 0.885. The first-order valence-electron chi connectivity index (χ1n) is 7.79. The molecule has 0 atom stereocenters. The first-order valence-corrected chi connectivity index (χ1v) is 7.79. The first-order chi connectivity index (χ1) is 8.36. The molecule has 1 aliphatic carbocycles. The van der Waals surface area contributed by atoms with Gasteiger partial charge in [0.25, 0.3) is 0 Å². The Kier molecular flexibility index (Phi) is 5.79. The Morgan fingerprint density at radius 1 is 0.882 bits per heavy atom. The largest absolute Gasteiger partial charge is 0.302 e. The van der Waals surface area contributed by atoms with Crippen molar-refractivity contribution in [3.63, 3.8) is 0 Å². The average molecular weight is 238 g/mol. The average Bonchev–Trinajstić information content (AvgIpc) is 2.65. The lowest BCUT2D eigenvalue weighted by Gasteiger charge is -2.32.